The fourth-order valence-electron chi connectivity index (χ4n) is 3.71. The number of allylic oxidation sites excluding steroid dienone is 1. The van der Waals surface area contributed by atoms with Crippen molar-refractivity contribution in [2.75, 3.05) is 5.73 Å². The first-order valence-corrected chi connectivity index (χ1v) is 8.87. The lowest BCUT2D eigenvalue weighted by Crippen LogP contribution is -2.41. The molecule has 3 N–H and O–H groups in total. The van der Waals surface area contributed by atoms with Gasteiger partial charge in [0, 0.05) is 15.7 Å². The highest BCUT2D eigenvalue weighted by Gasteiger charge is 2.61. The summed E-state index contributed by atoms with van der Waals surface area (Å²) in [5.41, 5.74) is 6.56. The molecule has 0 bridgehead atoms. The summed E-state index contributed by atoms with van der Waals surface area (Å²) in [5, 5.41) is 2.77. The third-order valence-corrected chi connectivity index (χ3v) is 5.06. The average molecular weight is 418 g/mol. The molecule has 134 valence electrons. The maximum Gasteiger partial charge on any atom is 0.337 e. The van der Waals surface area contributed by atoms with Gasteiger partial charge in [0.15, 0.2) is 11.2 Å². The minimum absolute atomic E-state index is 0.0585. The molecule has 1 aliphatic heterocycles. The van der Waals surface area contributed by atoms with Gasteiger partial charge in [-0.3, -0.25) is 4.79 Å². The summed E-state index contributed by atoms with van der Waals surface area (Å²) < 4.78 is 11.8. The number of nitrogens with zero attached hydrogens (tertiary/aromatic N) is 1. The maximum absolute atomic E-state index is 13.2. The first-order chi connectivity index (χ1) is 12.3. The number of esters is 1. The molecule has 1 aromatic heterocycles. The highest BCUT2D eigenvalue weighted by molar-refractivity contribution is 9.10. The lowest BCUT2D eigenvalue weighted by atomic mass is 9.74. The molecule has 1 unspecified atom stereocenters. The topological polar surface area (TPSA) is 107 Å². The zero-order chi connectivity index (χ0) is 18.8. The molecule has 1 aromatic carbocycles. The Hall–Kier alpha value is -2.61. The van der Waals surface area contributed by atoms with Crippen LogP contribution < -0.4 is 11.1 Å². The zero-order valence-electron chi connectivity index (χ0n) is 14.3. The number of ether oxygens (including phenoxy) is 1. The van der Waals surface area contributed by atoms with E-state index in [0.717, 1.165) is 4.47 Å². The second kappa shape index (κ2) is 5.44. The SMILES string of the molecule is CC1=C(C(=O)OC(C)C)C2(C(=O)N1)c1cc(Br)ccc1-c1oc(N)nc12. The summed E-state index contributed by atoms with van der Waals surface area (Å²) in [4.78, 5) is 30.3. The molecule has 1 amide bonds. The summed E-state index contributed by atoms with van der Waals surface area (Å²) in [6.07, 6.45) is -0.333. The van der Waals surface area contributed by atoms with Crippen LogP contribution in [0.4, 0.5) is 6.01 Å². The molecular formula is C18H16BrN3O4. The van der Waals surface area contributed by atoms with E-state index in [4.69, 9.17) is 14.9 Å². The van der Waals surface area contributed by atoms with Crippen LogP contribution in [0.25, 0.3) is 11.3 Å². The molecule has 0 radical (unpaired) electrons. The number of amides is 1. The zero-order valence-corrected chi connectivity index (χ0v) is 15.9. The molecule has 1 aliphatic carbocycles. The number of hydrogen-bond acceptors (Lipinski definition) is 6. The van der Waals surface area contributed by atoms with Crippen molar-refractivity contribution in [2.45, 2.75) is 32.3 Å². The number of benzene rings is 1. The smallest absolute Gasteiger partial charge is 0.337 e. The summed E-state index contributed by atoms with van der Waals surface area (Å²) in [5.74, 6) is -0.557. The number of hydrogen-bond donors (Lipinski definition) is 2. The summed E-state index contributed by atoms with van der Waals surface area (Å²) in [6, 6.07) is 5.38. The molecule has 1 spiro atoms. The first-order valence-electron chi connectivity index (χ1n) is 8.07. The predicted octanol–water partition coefficient (Wildman–Crippen LogP) is 2.64. The predicted molar refractivity (Wildman–Crippen MR) is 96.9 cm³/mol. The molecule has 2 aromatic rings. The van der Waals surface area contributed by atoms with E-state index in [2.05, 4.69) is 26.2 Å². The Morgan fingerprint density at radius 1 is 1.42 bits per heavy atom. The van der Waals surface area contributed by atoms with Crippen LogP contribution in [0.3, 0.4) is 0 Å². The maximum atomic E-state index is 13.2. The van der Waals surface area contributed by atoms with Gasteiger partial charge in [-0.05, 0) is 44.5 Å². The third kappa shape index (κ3) is 2.02. The van der Waals surface area contributed by atoms with Crippen LogP contribution >= 0.6 is 15.9 Å². The Kier molecular flexibility index (Phi) is 3.52. The van der Waals surface area contributed by atoms with E-state index >= 15 is 0 Å². The van der Waals surface area contributed by atoms with E-state index in [-0.39, 0.29) is 23.6 Å². The van der Waals surface area contributed by atoms with Crippen LogP contribution in [0.1, 0.15) is 32.0 Å². The van der Waals surface area contributed by atoms with Crippen molar-refractivity contribution < 1.29 is 18.7 Å². The van der Waals surface area contributed by atoms with Crippen LogP contribution in [-0.2, 0) is 19.7 Å². The van der Waals surface area contributed by atoms with Gasteiger partial charge in [0.25, 0.3) is 6.01 Å². The van der Waals surface area contributed by atoms with Crippen LogP contribution in [0, 0.1) is 0 Å². The molecular weight excluding hydrogens is 402 g/mol. The lowest BCUT2D eigenvalue weighted by molar-refractivity contribution is -0.144. The van der Waals surface area contributed by atoms with Crippen molar-refractivity contribution in [2.24, 2.45) is 0 Å². The average Bonchev–Trinajstić information content (AvgIpc) is 3.11. The van der Waals surface area contributed by atoms with Gasteiger partial charge in [-0.25, -0.2) is 4.79 Å². The molecule has 2 aliphatic rings. The number of fused-ring (bicyclic) bond motifs is 5. The van der Waals surface area contributed by atoms with Gasteiger partial charge in [0.1, 0.15) is 5.69 Å². The molecule has 0 fully saturated rings. The number of anilines is 1. The van der Waals surface area contributed by atoms with Crippen LogP contribution in [0.15, 0.2) is 38.4 Å². The van der Waals surface area contributed by atoms with E-state index < -0.39 is 11.4 Å². The van der Waals surface area contributed by atoms with Gasteiger partial charge < -0.3 is 20.2 Å². The van der Waals surface area contributed by atoms with Gasteiger partial charge in [0.2, 0.25) is 5.91 Å². The standard InChI is InChI=1S/C18H16BrN3O4/c1-7(2)25-15(23)12-8(3)21-16(24)18(12)11-6-9(19)4-5-10(11)13-14(18)22-17(20)26-13/h4-7H,1-3H3,(H2,20,22)(H,21,24). The molecule has 0 saturated carbocycles. The molecule has 8 heteroatoms. The summed E-state index contributed by atoms with van der Waals surface area (Å²) >= 11 is 3.44. The Labute approximate surface area is 157 Å². The highest BCUT2D eigenvalue weighted by Crippen LogP contribution is 2.56. The molecule has 26 heavy (non-hydrogen) atoms. The molecule has 0 saturated heterocycles. The van der Waals surface area contributed by atoms with Gasteiger partial charge in [-0.2, -0.15) is 4.98 Å². The van der Waals surface area contributed by atoms with E-state index in [0.29, 0.717) is 28.3 Å². The normalized spacial score (nSPS) is 20.6. The van der Waals surface area contributed by atoms with E-state index in [1.54, 1.807) is 26.8 Å². The van der Waals surface area contributed by atoms with Crippen LogP contribution in [0.2, 0.25) is 0 Å². The number of aromatic nitrogens is 1. The minimum Gasteiger partial charge on any atom is -0.460 e. The van der Waals surface area contributed by atoms with E-state index in [9.17, 15) is 9.59 Å². The fraction of sp³-hybridized carbons (Fsp3) is 0.278. The number of oxazole rings is 1. The first kappa shape index (κ1) is 16.8. The Morgan fingerprint density at radius 3 is 2.85 bits per heavy atom. The number of halogens is 1. The van der Waals surface area contributed by atoms with Crippen molar-refractivity contribution in [3.8, 4) is 11.3 Å². The number of nitrogens with one attached hydrogen (secondary N) is 1. The van der Waals surface area contributed by atoms with E-state index in [1.807, 2.05) is 12.1 Å². The lowest BCUT2D eigenvalue weighted by Gasteiger charge is -2.25. The van der Waals surface area contributed by atoms with Crippen LogP contribution in [0.5, 0.6) is 0 Å². The monoisotopic (exact) mass is 417 g/mol. The minimum atomic E-state index is -1.44. The largest absolute Gasteiger partial charge is 0.460 e. The fourth-order valence-corrected chi connectivity index (χ4v) is 4.07. The number of nitrogens with two attached hydrogens (primary N) is 1. The second-order valence-corrected chi connectivity index (χ2v) is 7.49. The number of carbonyl (C=O) groups is 2. The van der Waals surface area contributed by atoms with Crippen molar-refractivity contribution >= 4 is 33.8 Å². The van der Waals surface area contributed by atoms with Crippen molar-refractivity contribution in [1.29, 1.82) is 0 Å². The van der Waals surface area contributed by atoms with Gasteiger partial charge in [-0.1, -0.05) is 15.9 Å². The molecule has 4 rings (SSSR count). The Bertz CT molecular complexity index is 1010. The molecule has 7 nitrogen and oxygen atoms in total. The van der Waals surface area contributed by atoms with Crippen LogP contribution in [-0.4, -0.2) is 23.0 Å². The summed E-state index contributed by atoms with van der Waals surface area (Å²) in [6.45, 7) is 5.18. The summed E-state index contributed by atoms with van der Waals surface area (Å²) in [7, 11) is 0. The number of nitrogen functional groups attached to an aromatic ring is 1. The quantitative estimate of drug-likeness (QED) is 0.727. The van der Waals surface area contributed by atoms with Gasteiger partial charge in [-0.15, -0.1) is 0 Å². The molecule has 2 heterocycles. The van der Waals surface area contributed by atoms with E-state index in [1.165, 1.54) is 0 Å². The third-order valence-electron chi connectivity index (χ3n) is 4.57. The van der Waals surface area contributed by atoms with Crippen molar-refractivity contribution in [3.63, 3.8) is 0 Å². The Balaban J connectivity index is 2.06. The van der Waals surface area contributed by atoms with Crippen molar-refractivity contribution in [3.05, 3.63) is 45.2 Å². The van der Waals surface area contributed by atoms with Gasteiger partial charge >= 0.3 is 5.97 Å². The number of rotatable bonds is 2. The number of carbonyl (C=O) groups excluding carboxylic acids is 2. The second-order valence-electron chi connectivity index (χ2n) is 6.58. The highest BCUT2D eigenvalue weighted by atomic mass is 79.9. The van der Waals surface area contributed by atoms with Gasteiger partial charge in [0.05, 0.1) is 11.7 Å². The Morgan fingerprint density at radius 2 is 2.15 bits per heavy atom. The van der Waals surface area contributed by atoms with Crippen molar-refractivity contribution in [1.82, 2.24) is 10.3 Å². The molecule has 1 atom stereocenters.